The van der Waals surface area contributed by atoms with Crippen LogP contribution in [0.25, 0.3) is 0 Å². The molecule has 2 aliphatic heterocycles. The topological polar surface area (TPSA) is 67.2 Å². The Balaban J connectivity index is 2.03. The number of nitrogens with one attached hydrogen (secondary N) is 1. The van der Waals surface area contributed by atoms with Crippen molar-refractivity contribution in [2.45, 2.75) is 45.1 Å². The Labute approximate surface area is 158 Å². The highest BCUT2D eigenvalue weighted by molar-refractivity contribution is 6.15. The number of carbonyl (C=O) groups excluding carboxylic acids is 2. The van der Waals surface area contributed by atoms with E-state index in [1.807, 2.05) is 45.9 Å². The maximum absolute atomic E-state index is 13.7. The van der Waals surface area contributed by atoms with Crippen molar-refractivity contribution in [2.75, 3.05) is 16.8 Å². The number of nitrogens with zero attached hydrogens (tertiary/aromatic N) is 3. The summed E-state index contributed by atoms with van der Waals surface area (Å²) in [6.45, 7) is 12.2. The van der Waals surface area contributed by atoms with Crippen molar-refractivity contribution in [2.24, 2.45) is 0 Å². The molecule has 3 heterocycles. The van der Waals surface area contributed by atoms with Gasteiger partial charge in [-0.1, -0.05) is 23.8 Å². The maximum atomic E-state index is 13.7. The Kier molecular flexibility index (Phi) is 3.60. The third-order valence-corrected chi connectivity index (χ3v) is 5.37. The molecule has 0 unspecified atom stereocenters. The van der Waals surface area contributed by atoms with Crippen molar-refractivity contribution in [3.63, 3.8) is 0 Å². The normalized spacial score (nSPS) is 21.3. The van der Waals surface area contributed by atoms with E-state index >= 15 is 0 Å². The van der Waals surface area contributed by atoms with Crippen LogP contribution >= 0.6 is 0 Å². The van der Waals surface area contributed by atoms with Gasteiger partial charge in [0.25, 0.3) is 0 Å². The number of rotatable bonds is 2. The number of anilines is 2. The molecule has 0 saturated carbocycles. The van der Waals surface area contributed by atoms with E-state index in [0.29, 0.717) is 12.4 Å². The smallest absolute Gasteiger partial charge is 0.243 e. The number of hydrogen-bond acceptors (Lipinski definition) is 3. The van der Waals surface area contributed by atoms with Gasteiger partial charge in [-0.2, -0.15) is 5.10 Å². The first-order valence-corrected chi connectivity index (χ1v) is 9.13. The Morgan fingerprint density at radius 2 is 2.04 bits per heavy atom. The molecule has 6 heteroatoms. The lowest BCUT2D eigenvalue weighted by atomic mass is 9.71. The lowest BCUT2D eigenvalue weighted by Crippen LogP contribution is -2.47. The Morgan fingerprint density at radius 1 is 1.30 bits per heavy atom. The summed E-state index contributed by atoms with van der Waals surface area (Å²) in [6, 6.07) is 5.97. The highest BCUT2D eigenvalue weighted by Crippen LogP contribution is 2.52. The molecule has 6 nitrogen and oxygen atoms in total. The minimum Gasteiger partial charge on any atom is -0.311 e. The van der Waals surface area contributed by atoms with Crippen molar-refractivity contribution in [1.82, 2.24) is 9.78 Å². The van der Waals surface area contributed by atoms with Gasteiger partial charge in [0.1, 0.15) is 11.2 Å². The lowest BCUT2D eigenvalue weighted by Gasteiger charge is -2.34. The molecule has 2 aromatic rings. The molecular weight excluding hydrogens is 340 g/mol. The molecule has 1 spiro atoms. The quantitative estimate of drug-likeness (QED) is 0.833. The summed E-state index contributed by atoms with van der Waals surface area (Å²) in [5, 5.41) is 7.48. The lowest BCUT2D eigenvalue weighted by molar-refractivity contribution is -0.126. The number of amides is 2. The third-order valence-electron chi connectivity index (χ3n) is 5.37. The molecule has 1 aromatic carbocycles. The molecule has 0 radical (unpaired) electrons. The van der Waals surface area contributed by atoms with E-state index < -0.39 is 5.41 Å². The van der Waals surface area contributed by atoms with Crippen LogP contribution in [0.2, 0.25) is 0 Å². The zero-order chi connectivity index (χ0) is 19.6. The van der Waals surface area contributed by atoms with Gasteiger partial charge in [0, 0.05) is 24.2 Å². The van der Waals surface area contributed by atoms with Crippen LogP contribution in [0.4, 0.5) is 11.5 Å². The second-order valence-electron chi connectivity index (χ2n) is 8.34. The predicted molar refractivity (Wildman–Crippen MR) is 105 cm³/mol. The molecule has 1 aromatic heterocycles. The van der Waals surface area contributed by atoms with Gasteiger partial charge >= 0.3 is 0 Å². The summed E-state index contributed by atoms with van der Waals surface area (Å²) in [7, 11) is 0. The minimum atomic E-state index is -1.04. The zero-order valence-corrected chi connectivity index (χ0v) is 16.2. The number of fused-ring (bicyclic) bond motifs is 4. The van der Waals surface area contributed by atoms with Crippen LogP contribution in [0, 0.1) is 6.92 Å². The Hall–Kier alpha value is -2.89. The molecule has 1 N–H and O–H groups in total. The molecule has 4 rings (SSSR count). The largest absolute Gasteiger partial charge is 0.311 e. The number of aromatic nitrogens is 2. The fraction of sp³-hybridized carbons (Fsp3) is 0.381. The highest BCUT2D eigenvalue weighted by Gasteiger charge is 2.57. The highest BCUT2D eigenvalue weighted by atomic mass is 16.2. The average Bonchev–Trinajstić information content (AvgIpc) is 3.10. The average molecular weight is 364 g/mol. The first-order valence-electron chi connectivity index (χ1n) is 9.13. The van der Waals surface area contributed by atoms with Gasteiger partial charge in [-0.05, 0) is 39.3 Å². The first-order chi connectivity index (χ1) is 12.7. The molecule has 2 amide bonds. The summed E-state index contributed by atoms with van der Waals surface area (Å²) in [4.78, 5) is 28.1. The summed E-state index contributed by atoms with van der Waals surface area (Å²) < 4.78 is 1.79. The van der Waals surface area contributed by atoms with Crippen molar-refractivity contribution >= 4 is 23.3 Å². The molecule has 0 fully saturated rings. The third kappa shape index (κ3) is 2.29. The number of carbonyl (C=O) groups is 2. The van der Waals surface area contributed by atoms with Gasteiger partial charge in [0.2, 0.25) is 11.8 Å². The fourth-order valence-corrected chi connectivity index (χ4v) is 4.23. The molecular formula is C21H24N4O2. The number of aryl methyl sites for hydroxylation is 1. The summed E-state index contributed by atoms with van der Waals surface area (Å²) >= 11 is 0. The summed E-state index contributed by atoms with van der Waals surface area (Å²) in [5.41, 5.74) is 2.18. The van der Waals surface area contributed by atoms with Crippen molar-refractivity contribution in [3.8, 4) is 0 Å². The molecule has 27 heavy (non-hydrogen) atoms. The minimum absolute atomic E-state index is 0.0821. The standard InChI is InChI=1S/C21H24N4O2/c1-6-9-24-16-8-7-13(2)10-14(16)21(19(24)27)11-17(26)23-18-15(21)12-22-25(18)20(3,4)5/h6-8,10,12H,1,9,11H2,2-5H3,(H,23,26)/t21-/m1/s1. The van der Waals surface area contributed by atoms with Crippen LogP contribution < -0.4 is 10.2 Å². The zero-order valence-electron chi connectivity index (χ0n) is 16.2. The van der Waals surface area contributed by atoms with Gasteiger partial charge in [-0.25, -0.2) is 4.68 Å². The van der Waals surface area contributed by atoms with Gasteiger partial charge in [0.05, 0.1) is 11.7 Å². The van der Waals surface area contributed by atoms with Crippen LogP contribution in [0.1, 0.15) is 43.9 Å². The Morgan fingerprint density at radius 3 is 2.70 bits per heavy atom. The van der Waals surface area contributed by atoms with Crippen molar-refractivity contribution in [1.29, 1.82) is 0 Å². The van der Waals surface area contributed by atoms with E-state index in [1.54, 1.807) is 21.9 Å². The van der Waals surface area contributed by atoms with Crippen LogP contribution in [0.3, 0.4) is 0 Å². The van der Waals surface area contributed by atoms with Gasteiger partial charge in [-0.15, -0.1) is 6.58 Å². The second kappa shape index (κ2) is 5.55. The van der Waals surface area contributed by atoms with Crippen LogP contribution in [0.5, 0.6) is 0 Å². The number of hydrogen-bond donors (Lipinski definition) is 1. The molecule has 140 valence electrons. The predicted octanol–water partition coefficient (Wildman–Crippen LogP) is 3.11. The van der Waals surface area contributed by atoms with E-state index in [1.165, 1.54) is 0 Å². The summed E-state index contributed by atoms with van der Waals surface area (Å²) in [5.74, 6) is 0.349. The molecule has 2 aliphatic rings. The molecule has 0 bridgehead atoms. The monoisotopic (exact) mass is 364 g/mol. The molecule has 0 aliphatic carbocycles. The molecule has 0 saturated heterocycles. The maximum Gasteiger partial charge on any atom is 0.243 e. The Bertz CT molecular complexity index is 983. The van der Waals surface area contributed by atoms with Crippen molar-refractivity contribution in [3.05, 3.63) is 53.7 Å². The van der Waals surface area contributed by atoms with E-state index in [2.05, 4.69) is 17.0 Å². The van der Waals surface area contributed by atoms with Crippen molar-refractivity contribution < 1.29 is 9.59 Å². The van der Waals surface area contributed by atoms with Crippen LogP contribution in [-0.4, -0.2) is 28.1 Å². The SMILES string of the molecule is C=CCN1C(=O)[C@]2(CC(=O)Nc3c2cnn3C(C)(C)C)c2cc(C)ccc21. The van der Waals surface area contributed by atoms with Crippen LogP contribution in [-0.2, 0) is 20.5 Å². The van der Waals surface area contributed by atoms with E-state index in [-0.39, 0.29) is 23.8 Å². The fourth-order valence-electron chi connectivity index (χ4n) is 4.23. The van der Waals surface area contributed by atoms with Gasteiger partial charge in [-0.3, -0.25) is 9.59 Å². The van der Waals surface area contributed by atoms with E-state index in [4.69, 9.17) is 0 Å². The molecule has 1 atom stereocenters. The van der Waals surface area contributed by atoms with Gasteiger partial charge < -0.3 is 10.2 Å². The van der Waals surface area contributed by atoms with Crippen LogP contribution in [0.15, 0.2) is 37.1 Å². The first kappa shape index (κ1) is 17.5. The number of benzene rings is 1. The second-order valence-corrected chi connectivity index (χ2v) is 8.34. The van der Waals surface area contributed by atoms with Gasteiger partial charge in [0.15, 0.2) is 0 Å². The summed E-state index contributed by atoms with van der Waals surface area (Å²) in [6.07, 6.45) is 3.53. The van der Waals surface area contributed by atoms with E-state index in [9.17, 15) is 9.59 Å². The van der Waals surface area contributed by atoms with E-state index in [0.717, 1.165) is 22.4 Å².